The van der Waals surface area contributed by atoms with Crippen LogP contribution in [0, 0.1) is 5.41 Å². The molecule has 0 rings (SSSR count). The van der Waals surface area contributed by atoms with E-state index in [0.29, 0.717) is 26.4 Å². The van der Waals surface area contributed by atoms with E-state index in [1.165, 1.54) is 0 Å². The number of hydrogen-bond donors (Lipinski definition) is 1. The first-order chi connectivity index (χ1) is 8.90. The standard InChI is InChI=1S/C13H27NO3.C2H6/c1-6-8-16-10-13(4,5)12(15)14-7-9-17-11(2)3;1-2/h11H,6-10H2,1-5H3,(H,14,15);1-2H3. The highest BCUT2D eigenvalue weighted by atomic mass is 16.5. The molecule has 0 fully saturated rings. The number of ether oxygens (including phenoxy) is 2. The van der Waals surface area contributed by atoms with Gasteiger partial charge in [0.15, 0.2) is 0 Å². The minimum absolute atomic E-state index is 0.0148. The molecule has 1 amide bonds. The Morgan fingerprint density at radius 1 is 1.21 bits per heavy atom. The van der Waals surface area contributed by atoms with Crippen LogP contribution in [0.4, 0.5) is 0 Å². The quantitative estimate of drug-likeness (QED) is 0.658. The number of hydrogen-bond acceptors (Lipinski definition) is 3. The molecule has 0 heterocycles. The minimum Gasteiger partial charge on any atom is -0.380 e. The third-order valence-corrected chi connectivity index (χ3v) is 2.26. The van der Waals surface area contributed by atoms with Gasteiger partial charge < -0.3 is 14.8 Å². The van der Waals surface area contributed by atoms with Gasteiger partial charge in [-0.25, -0.2) is 0 Å². The molecule has 0 radical (unpaired) electrons. The predicted octanol–water partition coefficient (Wildman–Crippen LogP) is 3.01. The van der Waals surface area contributed by atoms with Gasteiger partial charge in [0.1, 0.15) is 0 Å². The Labute approximate surface area is 119 Å². The molecular weight excluding hydrogens is 242 g/mol. The molecule has 0 saturated carbocycles. The summed E-state index contributed by atoms with van der Waals surface area (Å²) in [6.45, 7) is 16.0. The molecule has 0 bridgehead atoms. The normalized spacial score (nSPS) is 10.9. The molecule has 0 aromatic carbocycles. The Hall–Kier alpha value is -0.610. The highest BCUT2D eigenvalue weighted by molar-refractivity contribution is 5.81. The van der Waals surface area contributed by atoms with E-state index in [-0.39, 0.29) is 12.0 Å². The maximum atomic E-state index is 11.9. The van der Waals surface area contributed by atoms with Crippen molar-refractivity contribution < 1.29 is 14.3 Å². The smallest absolute Gasteiger partial charge is 0.228 e. The van der Waals surface area contributed by atoms with Gasteiger partial charge in [0.05, 0.1) is 24.7 Å². The van der Waals surface area contributed by atoms with E-state index in [1.807, 2.05) is 41.5 Å². The summed E-state index contributed by atoms with van der Waals surface area (Å²) >= 11 is 0. The van der Waals surface area contributed by atoms with Crippen LogP contribution >= 0.6 is 0 Å². The molecule has 0 aromatic heterocycles. The van der Waals surface area contributed by atoms with Gasteiger partial charge in [0.2, 0.25) is 5.91 Å². The van der Waals surface area contributed by atoms with Gasteiger partial charge in [-0.05, 0) is 34.1 Å². The molecule has 0 aliphatic rings. The molecule has 116 valence electrons. The Balaban J connectivity index is 0. The fourth-order valence-corrected chi connectivity index (χ4v) is 1.24. The molecule has 0 aliphatic carbocycles. The van der Waals surface area contributed by atoms with E-state index in [9.17, 15) is 4.79 Å². The van der Waals surface area contributed by atoms with E-state index < -0.39 is 5.41 Å². The summed E-state index contributed by atoms with van der Waals surface area (Å²) in [5.41, 5.74) is -0.479. The Kier molecular flexibility index (Phi) is 13.5. The molecule has 19 heavy (non-hydrogen) atoms. The Bertz CT molecular complexity index is 215. The third kappa shape index (κ3) is 12.2. The van der Waals surface area contributed by atoms with Crippen molar-refractivity contribution in [1.29, 1.82) is 0 Å². The molecular formula is C15H33NO3. The summed E-state index contributed by atoms with van der Waals surface area (Å²) in [6.07, 6.45) is 1.17. The number of rotatable bonds is 9. The summed E-state index contributed by atoms with van der Waals surface area (Å²) in [4.78, 5) is 11.9. The Morgan fingerprint density at radius 3 is 2.26 bits per heavy atom. The first kappa shape index (κ1) is 20.7. The number of carbonyl (C=O) groups excluding carboxylic acids is 1. The van der Waals surface area contributed by atoms with Crippen molar-refractivity contribution in [3.8, 4) is 0 Å². The van der Waals surface area contributed by atoms with Crippen LogP contribution in [0.1, 0.15) is 54.9 Å². The second-order valence-electron chi connectivity index (χ2n) is 5.11. The SMILES string of the molecule is CC.CCCOCC(C)(C)C(=O)NCCOC(C)C. The zero-order chi connectivity index (χ0) is 15.3. The minimum atomic E-state index is -0.479. The molecule has 0 aromatic rings. The van der Waals surface area contributed by atoms with Gasteiger partial charge in [-0.15, -0.1) is 0 Å². The van der Waals surface area contributed by atoms with Crippen LogP contribution in [0.15, 0.2) is 0 Å². The van der Waals surface area contributed by atoms with Crippen LogP contribution in [-0.4, -0.2) is 38.4 Å². The lowest BCUT2D eigenvalue weighted by molar-refractivity contribution is -0.132. The highest BCUT2D eigenvalue weighted by Gasteiger charge is 2.27. The second kappa shape index (κ2) is 12.4. The van der Waals surface area contributed by atoms with Crippen LogP contribution in [0.5, 0.6) is 0 Å². The number of nitrogens with one attached hydrogen (secondary N) is 1. The van der Waals surface area contributed by atoms with Crippen LogP contribution in [0.2, 0.25) is 0 Å². The average molecular weight is 275 g/mol. The molecule has 0 saturated heterocycles. The fourth-order valence-electron chi connectivity index (χ4n) is 1.24. The van der Waals surface area contributed by atoms with Crippen LogP contribution in [-0.2, 0) is 14.3 Å². The second-order valence-corrected chi connectivity index (χ2v) is 5.11. The number of amides is 1. The summed E-state index contributed by atoms with van der Waals surface area (Å²) in [6, 6.07) is 0. The predicted molar refractivity (Wildman–Crippen MR) is 80.3 cm³/mol. The first-order valence-corrected chi connectivity index (χ1v) is 7.37. The summed E-state index contributed by atoms with van der Waals surface area (Å²) in [5.74, 6) is 0.0148. The first-order valence-electron chi connectivity index (χ1n) is 7.37. The van der Waals surface area contributed by atoms with E-state index in [4.69, 9.17) is 9.47 Å². The largest absolute Gasteiger partial charge is 0.380 e. The molecule has 1 N–H and O–H groups in total. The van der Waals surface area contributed by atoms with Gasteiger partial charge in [0, 0.05) is 13.2 Å². The average Bonchev–Trinajstić information content (AvgIpc) is 2.36. The van der Waals surface area contributed by atoms with E-state index in [2.05, 4.69) is 12.2 Å². The van der Waals surface area contributed by atoms with Crippen molar-refractivity contribution in [3.05, 3.63) is 0 Å². The van der Waals surface area contributed by atoms with E-state index in [0.717, 1.165) is 6.42 Å². The van der Waals surface area contributed by atoms with Crippen LogP contribution in [0.3, 0.4) is 0 Å². The number of carbonyl (C=O) groups is 1. The summed E-state index contributed by atoms with van der Waals surface area (Å²) in [7, 11) is 0. The van der Waals surface area contributed by atoms with Crippen molar-refractivity contribution in [1.82, 2.24) is 5.32 Å². The lowest BCUT2D eigenvalue weighted by Gasteiger charge is -2.23. The monoisotopic (exact) mass is 275 g/mol. The van der Waals surface area contributed by atoms with Crippen LogP contribution in [0.25, 0.3) is 0 Å². The van der Waals surface area contributed by atoms with Gasteiger partial charge in [-0.1, -0.05) is 20.8 Å². The highest BCUT2D eigenvalue weighted by Crippen LogP contribution is 2.15. The van der Waals surface area contributed by atoms with Gasteiger partial charge in [0.25, 0.3) is 0 Å². The molecule has 0 aliphatic heterocycles. The maximum absolute atomic E-state index is 11.9. The van der Waals surface area contributed by atoms with E-state index >= 15 is 0 Å². The molecule has 4 nitrogen and oxygen atoms in total. The zero-order valence-electron chi connectivity index (χ0n) is 13.8. The molecule has 0 atom stereocenters. The topological polar surface area (TPSA) is 47.6 Å². The summed E-state index contributed by atoms with van der Waals surface area (Å²) < 4.78 is 10.8. The van der Waals surface area contributed by atoms with Gasteiger partial charge >= 0.3 is 0 Å². The van der Waals surface area contributed by atoms with Crippen molar-refractivity contribution in [2.45, 2.75) is 61.0 Å². The van der Waals surface area contributed by atoms with Crippen molar-refractivity contribution in [3.63, 3.8) is 0 Å². The van der Waals surface area contributed by atoms with Crippen LogP contribution < -0.4 is 5.32 Å². The lowest BCUT2D eigenvalue weighted by Crippen LogP contribution is -2.41. The lowest BCUT2D eigenvalue weighted by atomic mass is 9.93. The van der Waals surface area contributed by atoms with Crippen molar-refractivity contribution in [2.75, 3.05) is 26.4 Å². The molecule has 0 unspecified atom stereocenters. The molecule has 4 heteroatoms. The molecule has 0 spiro atoms. The van der Waals surface area contributed by atoms with Crippen molar-refractivity contribution in [2.24, 2.45) is 5.41 Å². The fraction of sp³-hybridized carbons (Fsp3) is 0.933. The van der Waals surface area contributed by atoms with Gasteiger partial charge in [-0.3, -0.25) is 4.79 Å². The summed E-state index contributed by atoms with van der Waals surface area (Å²) in [5, 5.41) is 2.86. The Morgan fingerprint density at radius 2 is 1.79 bits per heavy atom. The maximum Gasteiger partial charge on any atom is 0.228 e. The zero-order valence-corrected chi connectivity index (χ0v) is 13.8. The van der Waals surface area contributed by atoms with E-state index in [1.54, 1.807) is 0 Å². The van der Waals surface area contributed by atoms with Crippen molar-refractivity contribution >= 4 is 5.91 Å². The third-order valence-electron chi connectivity index (χ3n) is 2.26. The van der Waals surface area contributed by atoms with Gasteiger partial charge in [-0.2, -0.15) is 0 Å².